The Hall–Kier alpha value is -6.65. The summed E-state index contributed by atoms with van der Waals surface area (Å²) < 4.78 is 6.11. The molecular weight excluding hydrogens is 671 g/mol. The van der Waals surface area contributed by atoms with E-state index in [9.17, 15) is 0 Å². The molecule has 2 aliphatic carbocycles. The Morgan fingerprint density at radius 3 is 1.80 bits per heavy atom. The van der Waals surface area contributed by atoms with Gasteiger partial charge in [-0.15, -0.1) is 0 Å². The first kappa shape index (κ1) is 31.8. The molecule has 11 rings (SSSR count). The van der Waals surface area contributed by atoms with Crippen LogP contribution in [0, 0.1) is 0 Å². The van der Waals surface area contributed by atoms with E-state index in [4.69, 9.17) is 19.4 Å². The number of para-hydroxylation sites is 1. The van der Waals surface area contributed by atoms with E-state index in [-0.39, 0.29) is 5.41 Å². The van der Waals surface area contributed by atoms with E-state index in [1.807, 2.05) is 60.7 Å². The molecule has 2 aromatic heterocycles. The van der Waals surface area contributed by atoms with E-state index in [1.165, 1.54) is 71.0 Å². The highest BCUT2D eigenvalue weighted by atomic mass is 16.3. The number of fused-ring (bicyclic) bond motifs is 8. The number of furan rings is 1. The van der Waals surface area contributed by atoms with Gasteiger partial charge in [-0.2, -0.15) is 0 Å². The number of hydrogen-bond acceptors (Lipinski definition) is 4. The third kappa shape index (κ3) is 5.24. The van der Waals surface area contributed by atoms with Gasteiger partial charge in [-0.25, -0.2) is 15.0 Å². The normalized spacial score (nSPS) is 14.3. The number of hydrogen-bond donors (Lipinski definition) is 0. The highest BCUT2D eigenvalue weighted by Crippen LogP contribution is 2.57. The topological polar surface area (TPSA) is 51.8 Å². The molecule has 0 bridgehead atoms. The van der Waals surface area contributed by atoms with E-state index in [0.29, 0.717) is 17.5 Å². The van der Waals surface area contributed by atoms with Gasteiger partial charge in [-0.3, -0.25) is 0 Å². The van der Waals surface area contributed by atoms with Gasteiger partial charge in [-0.1, -0.05) is 153 Å². The van der Waals surface area contributed by atoms with Crippen LogP contribution >= 0.6 is 0 Å². The van der Waals surface area contributed by atoms with E-state index < -0.39 is 0 Å². The van der Waals surface area contributed by atoms with Crippen molar-refractivity contribution in [3.63, 3.8) is 0 Å². The summed E-state index contributed by atoms with van der Waals surface area (Å²) in [5.74, 6) is 1.90. The highest BCUT2D eigenvalue weighted by molar-refractivity contribution is 6.06. The Morgan fingerprint density at radius 1 is 0.382 bits per heavy atom. The van der Waals surface area contributed by atoms with Gasteiger partial charge < -0.3 is 4.42 Å². The molecule has 9 aromatic rings. The standard InChI is InChI=1S/C51H37N3O/c1-3-13-34(14-4-1)48-52-49(54-50(53-48)38-27-28-46-42(32-38)40-17-6-8-22-45(40)55-46)35-25-23-33(24-26-35)36-15-11-16-37(31-36)39-19-12-21-44-47(39)41-18-5-7-20-43(41)51(44)29-9-2-10-30-51/h1,3-8,11-28,31-32H,2,9-10,29-30H2. The maximum Gasteiger partial charge on any atom is 0.164 e. The lowest BCUT2D eigenvalue weighted by atomic mass is 9.68. The molecule has 0 radical (unpaired) electrons. The second-order valence-corrected chi connectivity index (χ2v) is 15.1. The lowest BCUT2D eigenvalue weighted by Crippen LogP contribution is -2.27. The molecule has 0 N–H and O–H groups in total. The molecule has 4 nitrogen and oxygen atoms in total. The maximum atomic E-state index is 6.11. The van der Waals surface area contributed by atoms with Gasteiger partial charge in [0.1, 0.15) is 11.2 Å². The Balaban J connectivity index is 0.972. The van der Waals surface area contributed by atoms with Crippen LogP contribution in [0.4, 0.5) is 0 Å². The van der Waals surface area contributed by atoms with E-state index in [0.717, 1.165) is 44.2 Å². The third-order valence-corrected chi connectivity index (χ3v) is 12.0. The maximum absolute atomic E-state index is 6.11. The summed E-state index contributed by atoms with van der Waals surface area (Å²) in [5, 5.41) is 2.12. The summed E-state index contributed by atoms with van der Waals surface area (Å²) in [7, 11) is 0. The van der Waals surface area contributed by atoms with Crippen LogP contribution in [0.1, 0.15) is 43.2 Å². The van der Waals surface area contributed by atoms with Gasteiger partial charge in [0, 0.05) is 32.9 Å². The SMILES string of the molecule is c1ccc(-c2nc(-c3ccc(-c4cccc(-c5cccc6c5-c5ccccc5C65CCCCC5)c4)cc3)nc(-c3ccc4oc5ccccc5c4c3)n2)cc1. The molecule has 1 fully saturated rings. The first-order valence-corrected chi connectivity index (χ1v) is 19.4. The number of aromatic nitrogens is 3. The van der Waals surface area contributed by atoms with Crippen molar-refractivity contribution in [2.75, 3.05) is 0 Å². The molecule has 0 aliphatic heterocycles. The van der Waals surface area contributed by atoms with E-state index >= 15 is 0 Å². The molecule has 1 spiro atoms. The molecule has 2 heterocycles. The predicted octanol–water partition coefficient (Wildman–Crippen LogP) is 13.3. The fraction of sp³-hybridized carbons (Fsp3) is 0.118. The van der Waals surface area contributed by atoms with Gasteiger partial charge >= 0.3 is 0 Å². The summed E-state index contributed by atoms with van der Waals surface area (Å²) in [6.45, 7) is 0. The average Bonchev–Trinajstić information content (AvgIpc) is 3.77. The molecule has 7 aromatic carbocycles. The molecule has 0 saturated heterocycles. The molecule has 2 aliphatic rings. The van der Waals surface area contributed by atoms with Crippen molar-refractivity contribution in [2.24, 2.45) is 0 Å². The summed E-state index contributed by atoms with van der Waals surface area (Å²) >= 11 is 0. The van der Waals surface area contributed by atoms with Gasteiger partial charge in [0.15, 0.2) is 17.5 Å². The minimum atomic E-state index is 0.142. The minimum absolute atomic E-state index is 0.142. The van der Waals surface area contributed by atoms with Crippen LogP contribution in [0.2, 0.25) is 0 Å². The zero-order valence-corrected chi connectivity index (χ0v) is 30.4. The van der Waals surface area contributed by atoms with Crippen molar-refractivity contribution in [3.05, 3.63) is 175 Å². The summed E-state index contributed by atoms with van der Waals surface area (Å²) in [5.41, 5.74) is 15.4. The van der Waals surface area contributed by atoms with Crippen LogP contribution in [0.3, 0.4) is 0 Å². The first-order chi connectivity index (χ1) is 27.2. The predicted molar refractivity (Wildman–Crippen MR) is 224 cm³/mol. The Labute approximate surface area is 320 Å². The quantitative estimate of drug-likeness (QED) is 0.179. The third-order valence-electron chi connectivity index (χ3n) is 12.0. The van der Waals surface area contributed by atoms with Crippen LogP contribution in [0.15, 0.2) is 168 Å². The molecule has 0 amide bonds. The number of nitrogens with zero attached hydrogens (tertiary/aromatic N) is 3. The molecule has 55 heavy (non-hydrogen) atoms. The van der Waals surface area contributed by atoms with Gasteiger partial charge in [-0.05, 0) is 87.7 Å². The van der Waals surface area contributed by atoms with Crippen molar-refractivity contribution in [2.45, 2.75) is 37.5 Å². The summed E-state index contributed by atoms with van der Waals surface area (Å²) in [6, 6.07) is 58.2. The number of benzene rings is 7. The second-order valence-electron chi connectivity index (χ2n) is 15.1. The van der Waals surface area contributed by atoms with Crippen molar-refractivity contribution in [1.29, 1.82) is 0 Å². The lowest BCUT2D eigenvalue weighted by molar-refractivity contribution is 0.353. The second kappa shape index (κ2) is 12.7. The van der Waals surface area contributed by atoms with Gasteiger partial charge in [0.05, 0.1) is 0 Å². The Bertz CT molecular complexity index is 2900. The highest BCUT2D eigenvalue weighted by Gasteiger charge is 2.44. The smallest absolute Gasteiger partial charge is 0.164 e. The van der Waals surface area contributed by atoms with Gasteiger partial charge in [0.2, 0.25) is 0 Å². The van der Waals surface area contributed by atoms with E-state index in [2.05, 4.69) is 103 Å². The molecular formula is C51H37N3O. The van der Waals surface area contributed by atoms with Crippen molar-refractivity contribution < 1.29 is 4.42 Å². The molecule has 4 heteroatoms. The summed E-state index contributed by atoms with van der Waals surface area (Å²) in [4.78, 5) is 15.1. The van der Waals surface area contributed by atoms with Crippen LogP contribution in [-0.4, -0.2) is 15.0 Å². The van der Waals surface area contributed by atoms with Crippen molar-refractivity contribution in [1.82, 2.24) is 15.0 Å². The fourth-order valence-corrected chi connectivity index (χ4v) is 9.33. The lowest BCUT2D eigenvalue weighted by Gasteiger charge is -2.36. The van der Waals surface area contributed by atoms with E-state index in [1.54, 1.807) is 0 Å². The van der Waals surface area contributed by atoms with Crippen molar-refractivity contribution >= 4 is 21.9 Å². The monoisotopic (exact) mass is 707 g/mol. The van der Waals surface area contributed by atoms with Crippen LogP contribution in [0.5, 0.6) is 0 Å². The zero-order valence-electron chi connectivity index (χ0n) is 30.4. The minimum Gasteiger partial charge on any atom is -0.456 e. The van der Waals surface area contributed by atoms with Crippen molar-refractivity contribution in [3.8, 4) is 67.5 Å². The largest absolute Gasteiger partial charge is 0.456 e. The van der Waals surface area contributed by atoms with Crippen LogP contribution < -0.4 is 0 Å². The first-order valence-electron chi connectivity index (χ1n) is 19.4. The summed E-state index contributed by atoms with van der Waals surface area (Å²) in [6.07, 6.45) is 6.39. The van der Waals surface area contributed by atoms with Crippen LogP contribution in [0.25, 0.3) is 89.5 Å². The zero-order chi connectivity index (χ0) is 36.3. The molecule has 1 saturated carbocycles. The molecule has 0 atom stereocenters. The average molecular weight is 708 g/mol. The van der Waals surface area contributed by atoms with Crippen LogP contribution in [-0.2, 0) is 5.41 Å². The molecule has 262 valence electrons. The Morgan fingerprint density at radius 2 is 0.964 bits per heavy atom. The Kier molecular flexibility index (Phi) is 7.38. The molecule has 0 unspecified atom stereocenters. The fourth-order valence-electron chi connectivity index (χ4n) is 9.33. The number of rotatable bonds is 5. The van der Waals surface area contributed by atoms with Gasteiger partial charge in [0.25, 0.3) is 0 Å².